The first-order valence-corrected chi connectivity index (χ1v) is 8.10. The van der Waals surface area contributed by atoms with Crippen LogP contribution in [0.1, 0.15) is 22.8 Å². The van der Waals surface area contributed by atoms with Crippen LogP contribution in [-0.2, 0) is 13.0 Å². The average Bonchev–Trinajstić information content (AvgIpc) is 2.60. The molecule has 3 rings (SSSR count). The summed E-state index contributed by atoms with van der Waals surface area (Å²) >= 11 is 0. The molecule has 1 atom stereocenters. The fourth-order valence-corrected chi connectivity index (χ4v) is 3.17. The molecule has 5 nitrogen and oxygen atoms in total. The Balaban J connectivity index is 1.71. The number of nitrogens with two attached hydrogens (primary N) is 1. The van der Waals surface area contributed by atoms with Crippen LogP contribution in [0.2, 0.25) is 0 Å². The molecule has 0 aromatic heterocycles. The summed E-state index contributed by atoms with van der Waals surface area (Å²) in [6.45, 7) is 2.30. The van der Waals surface area contributed by atoms with E-state index in [-0.39, 0.29) is 0 Å². The van der Waals surface area contributed by atoms with Gasteiger partial charge in [-0.15, -0.1) is 0 Å². The fourth-order valence-electron chi connectivity index (χ4n) is 3.17. The van der Waals surface area contributed by atoms with Gasteiger partial charge < -0.3 is 20.3 Å². The van der Waals surface area contributed by atoms with Gasteiger partial charge in [0, 0.05) is 25.3 Å². The molecule has 1 aliphatic heterocycles. The van der Waals surface area contributed by atoms with Crippen LogP contribution in [0.25, 0.3) is 0 Å². The third kappa shape index (κ3) is 3.47. The van der Waals surface area contributed by atoms with E-state index < -0.39 is 6.10 Å². The predicted molar refractivity (Wildman–Crippen MR) is 94.3 cm³/mol. The molecular weight excluding hydrogens is 304 g/mol. The van der Waals surface area contributed by atoms with E-state index in [0.717, 1.165) is 36.6 Å². The normalized spacial score (nSPS) is 15.6. The van der Waals surface area contributed by atoms with E-state index in [1.165, 1.54) is 11.1 Å². The number of nitrogens with zero attached hydrogens (tertiary/aromatic N) is 1. The molecule has 1 unspecified atom stereocenters. The van der Waals surface area contributed by atoms with Crippen LogP contribution in [0.5, 0.6) is 11.5 Å². The summed E-state index contributed by atoms with van der Waals surface area (Å²) in [7, 11) is 3.30. The SMILES string of the molecule is COc1cc2c(cc1OC)CN(CC(O)c1ccc(N)cc1)CC2. The number of hydrogen-bond donors (Lipinski definition) is 2. The molecule has 2 aromatic carbocycles. The largest absolute Gasteiger partial charge is 0.493 e. The standard InChI is InChI=1S/C19H24N2O3/c1-23-18-9-14-7-8-21(11-15(14)10-19(18)24-2)12-17(22)13-3-5-16(20)6-4-13/h3-6,9-10,17,22H,7-8,11-12,20H2,1-2H3. The number of fused-ring (bicyclic) bond motifs is 1. The number of ether oxygens (including phenoxy) is 2. The Morgan fingerprint density at radius 2 is 1.71 bits per heavy atom. The van der Waals surface area contributed by atoms with Gasteiger partial charge in [0.2, 0.25) is 0 Å². The lowest BCUT2D eigenvalue weighted by molar-refractivity contribution is 0.106. The highest BCUT2D eigenvalue weighted by molar-refractivity contribution is 5.48. The van der Waals surface area contributed by atoms with Crippen LogP contribution in [0.4, 0.5) is 5.69 Å². The Morgan fingerprint density at radius 1 is 1.08 bits per heavy atom. The summed E-state index contributed by atoms with van der Waals surface area (Å²) in [4.78, 5) is 2.26. The zero-order valence-electron chi connectivity index (χ0n) is 14.2. The monoisotopic (exact) mass is 328 g/mol. The summed E-state index contributed by atoms with van der Waals surface area (Å²) in [6, 6.07) is 11.5. The van der Waals surface area contributed by atoms with Crippen molar-refractivity contribution in [1.82, 2.24) is 4.90 Å². The number of methoxy groups -OCH3 is 2. The Bertz CT molecular complexity index is 701. The van der Waals surface area contributed by atoms with Gasteiger partial charge in [0.1, 0.15) is 0 Å². The molecule has 1 heterocycles. The van der Waals surface area contributed by atoms with Crippen molar-refractivity contribution in [2.45, 2.75) is 19.1 Å². The number of aliphatic hydroxyl groups is 1. The maximum atomic E-state index is 10.5. The molecule has 0 saturated heterocycles. The third-order valence-corrected chi connectivity index (χ3v) is 4.55. The lowest BCUT2D eigenvalue weighted by Gasteiger charge is -2.31. The summed E-state index contributed by atoms with van der Waals surface area (Å²) in [6.07, 6.45) is 0.414. The van der Waals surface area contributed by atoms with Crippen molar-refractivity contribution >= 4 is 5.69 Å². The van der Waals surface area contributed by atoms with Gasteiger partial charge in [0.25, 0.3) is 0 Å². The number of anilines is 1. The van der Waals surface area contributed by atoms with E-state index >= 15 is 0 Å². The zero-order chi connectivity index (χ0) is 17.1. The molecule has 0 radical (unpaired) electrons. The number of hydrogen-bond acceptors (Lipinski definition) is 5. The van der Waals surface area contributed by atoms with Gasteiger partial charge in [-0.2, -0.15) is 0 Å². The van der Waals surface area contributed by atoms with Gasteiger partial charge in [-0.3, -0.25) is 4.90 Å². The van der Waals surface area contributed by atoms with E-state index in [4.69, 9.17) is 15.2 Å². The number of aliphatic hydroxyl groups excluding tert-OH is 1. The number of rotatable bonds is 5. The van der Waals surface area contributed by atoms with Crippen molar-refractivity contribution in [2.75, 3.05) is 33.0 Å². The molecule has 3 N–H and O–H groups in total. The number of β-amino-alcohol motifs (C(OH)–C–C–N with tert-alkyl or cyclic N) is 1. The first-order valence-electron chi connectivity index (χ1n) is 8.10. The molecule has 0 spiro atoms. The summed E-state index contributed by atoms with van der Waals surface area (Å²) in [5.74, 6) is 1.52. The Hall–Kier alpha value is -2.24. The predicted octanol–water partition coefficient (Wildman–Crippen LogP) is 2.38. The van der Waals surface area contributed by atoms with Crippen LogP contribution in [-0.4, -0.2) is 37.3 Å². The van der Waals surface area contributed by atoms with E-state index in [1.54, 1.807) is 14.2 Å². The first kappa shape index (κ1) is 16.6. The van der Waals surface area contributed by atoms with Gasteiger partial charge >= 0.3 is 0 Å². The number of nitrogen functional groups attached to an aromatic ring is 1. The summed E-state index contributed by atoms with van der Waals surface area (Å²) < 4.78 is 10.8. The maximum Gasteiger partial charge on any atom is 0.161 e. The molecule has 0 bridgehead atoms. The summed E-state index contributed by atoms with van der Waals surface area (Å²) in [5, 5.41) is 10.5. The second-order valence-electron chi connectivity index (χ2n) is 6.14. The second-order valence-corrected chi connectivity index (χ2v) is 6.14. The van der Waals surface area contributed by atoms with Crippen LogP contribution >= 0.6 is 0 Å². The minimum atomic E-state index is -0.521. The highest BCUT2D eigenvalue weighted by Crippen LogP contribution is 2.33. The summed E-state index contributed by atoms with van der Waals surface area (Å²) in [5.41, 5.74) is 9.81. The molecular formula is C19H24N2O3. The molecule has 1 aliphatic rings. The Morgan fingerprint density at radius 3 is 2.33 bits per heavy atom. The van der Waals surface area contributed by atoms with E-state index in [1.807, 2.05) is 30.3 Å². The van der Waals surface area contributed by atoms with Gasteiger partial charge in [0.05, 0.1) is 20.3 Å². The molecule has 0 amide bonds. The second kappa shape index (κ2) is 7.11. The van der Waals surface area contributed by atoms with E-state index in [0.29, 0.717) is 12.2 Å². The first-order chi connectivity index (χ1) is 11.6. The minimum absolute atomic E-state index is 0.521. The van der Waals surface area contributed by atoms with Gasteiger partial charge in [-0.25, -0.2) is 0 Å². The zero-order valence-corrected chi connectivity index (χ0v) is 14.2. The molecule has 24 heavy (non-hydrogen) atoms. The molecule has 0 saturated carbocycles. The maximum absolute atomic E-state index is 10.5. The van der Waals surface area contributed by atoms with E-state index in [9.17, 15) is 5.11 Å². The smallest absolute Gasteiger partial charge is 0.161 e. The van der Waals surface area contributed by atoms with Crippen molar-refractivity contribution in [3.8, 4) is 11.5 Å². The van der Waals surface area contributed by atoms with Crippen molar-refractivity contribution in [3.63, 3.8) is 0 Å². The minimum Gasteiger partial charge on any atom is -0.493 e. The van der Waals surface area contributed by atoms with Crippen molar-refractivity contribution in [1.29, 1.82) is 0 Å². The number of benzene rings is 2. The highest BCUT2D eigenvalue weighted by atomic mass is 16.5. The lowest BCUT2D eigenvalue weighted by Crippen LogP contribution is -2.34. The topological polar surface area (TPSA) is 68.0 Å². The fraction of sp³-hybridized carbons (Fsp3) is 0.368. The lowest BCUT2D eigenvalue weighted by atomic mass is 9.98. The van der Waals surface area contributed by atoms with Crippen molar-refractivity contribution in [3.05, 3.63) is 53.1 Å². The van der Waals surface area contributed by atoms with Crippen LogP contribution in [0, 0.1) is 0 Å². The Labute approximate surface area is 142 Å². The molecule has 0 aliphatic carbocycles. The molecule has 0 fully saturated rings. The third-order valence-electron chi connectivity index (χ3n) is 4.55. The highest BCUT2D eigenvalue weighted by Gasteiger charge is 2.21. The van der Waals surface area contributed by atoms with Crippen molar-refractivity contribution < 1.29 is 14.6 Å². The molecule has 128 valence electrons. The quantitative estimate of drug-likeness (QED) is 0.825. The average molecular weight is 328 g/mol. The Kier molecular flexibility index (Phi) is 4.92. The molecule has 2 aromatic rings. The van der Waals surface area contributed by atoms with Crippen molar-refractivity contribution in [2.24, 2.45) is 0 Å². The molecule has 5 heteroatoms. The van der Waals surface area contributed by atoms with Gasteiger partial charge in [-0.1, -0.05) is 12.1 Å². The van der Waals surface area contributed by atoms with Crippen LogP contribution < -0.4 is 15.2 Å². The van der Waals surface area contributed by atoms with E-state index in [2.05, 4.69) is 11.0 Å². The van der Waals surface area contributed by atoms with Crippen LogP contribution in [0.3, 0.4) is 0 Å². The van der Waals surface area contributed by atoms with Gasteiger partial charge in [-0.05, 0) is 47.4 Å². The van der Waals surface area contributed by atoms with Crippen LogP contribution in [0.15, 0.2) is 36.4 Å². The van der Waals surface area contributed by atoms with Gasteiger partial charge in [0.15, 0.2) is 11.5 Å².